The normalized spacial score (nSPS) is 23.4. The molecule has 1 aromatic carbocycles. The fraction of sp³-hybridized carbons (Fsp3) is 0.400. The Bertz CT molecular complexity index is 423. The monoisotopic (exact) mass is 214 g/mol. The highest BCUT2D eigenvalue weighted by Gasteiger charge is 2.37. The lowest BCUT2D eigenvalue weighted by atomic mass is 9.68. The smallest absolute Gasteiger partial charge is 0.161 e. The molecule has 16 heavy (non-hydrogen) atoms. The number of benzene rings is 1. The van der Waals surface area contributed by atoms with E-state index in [9.17, 15) is 4.79 Å². The Balaban J connectivity index is 2.37. The molecule has 0 fully saturated rings. The van der Waals surface area contributed by atoms with Crippen LogP contribution in [-0.4, -0.2) is 5.78 Å². The summed E-state index contributed by atoms with van der Waals surface area (Å²) < 4.78 is 0. The molecule has 0 aromatic heterocycles. The average Bonchev–Trinajstić information content (AvgIpc) is 2.24. The minimum atomic E-state index is -0.274. The van der Waals surface area contributed by atoms with E-state index in [-0.39, 0.29) is 11.2 Å². The molecule has 1 unspecified atom stereocenters. The van der Waals surface area contributed by atoms with Gasteiger partial charge in [-0.3, -0.25) is 4.79 Å². The zero-order valence-corrected chi connectivity index (χ0v) is 10.2. The predicted octanol–water partition coefficient (Wildman–Crippen LogP) is 3.63. The molecule has 1 nitrogen and oxygen atoms in total. The summed E-state index contributed by atoms with van der Waals surface area (Å²) in [5.41, 5.74) is 2.26. The van der Waals surface area contributed by atoms with E-state index in [1.807, 2.05) is 19.9 Å². The number of carbonyl (C=O) groups excluding carboxylic acids is 1. The molecule has 0 aliphatic heterocycles. The summed E-state index contributed by atoms with van der Waals surface area (Å²) in [7, 11) is 0. The Morgan fingerprint density at radius 2 is 1.81 bits per heavy atom. The fourth-order valence-corrected chi connectivity index (χ4v) is 2.34. The van der Waals surface area contributed by atoms with Gasteiger partial charge in [0.2, 0.25) is 0 Å². The summed E-state index contributed by atoms with van der Waals surface area (Å²) in [6.07, 6.45) is 4.69. The number of carbonyl (C=O) groups is 1. The van der Waals surface area contributed by atoms with Gasteiger partial charge in [-0.2, -0.15) is 0 Å². The summed E-state index contributed by atoms with van der Waals surface area (Å²) in [6, 6.07) is 8.53. The van der Waals surface area contributed by atoms with Crippen LogP contribution >= 0.6 is 0 Å². The molecule has 84 valence electrons. The number of ketones is 1. The molecule has 0 spiro atoms. The molecular formula is C15H18O. The molecule has 1 aromatic rings. The molecule has 0 bridgehead atoms. The molecule has 1 atom stereocenters. The quantitative estimate of drug-likeness (QED) is 0.697. The van der Waals surface area contributed by atoms with Gasteiger partial charge in [-0.05, 0) is 30.9 Å². The van der Waals surface area contributed by atoms with Crippen LogP contribution in [0.5, 0.6) is 0 Å². The molecule has 1 heteroatoms. The third kappa shape index (κ3) is 1.82. The molecule has 0 saturated heterocycles. The van der Waals surface area contributed by atoms with Crippen molar-refractivity contribution < 1.29 is 4.79 Å². The molecule has 1 aliphatic rings. The fourth-order valence-electron chi connectivity index (χ4n) is 2.34. The van der Waals surface area contributed by atoms with Crippen LogP contribution in [0.2, 0.25) is 0 Å². The first kappa shape index (κ1) is 11.1. The molecule has 0 heterocycles. The molecule has 0 saturated carbocycles. The van der Waals surface area contributed by atoms with Gasteiger partial charge in [-0.1, -0.05) is 49.8 Å². The van der Waals surface area contributed by atoms with Crippen LogP contribution in [0.3, 0.4) is 0 Å². The maximum Gasteiger partial charge on any atom is 0.161 e. The van der Waals surface area contributed by atoms with Gasteiger partial charge in [0.1, 0.15) is 0 Å². The first-order chi connectivity index (χ1) is 7.51. The zero-order valence-electron chi connectivity index (χ0n) is 10.2. The first-order valence-corrected chi connectivity index (χ1v) is 5.79. The Kier molecular flexibility index (Phi) is 2.71. The van der Waals surface area contributed by atoms with Crippen molar-refractivity contribution in [2.45, 2.75) is 33.1 Å². The van der Waals surface area contributed by atoms with Crippen LogP contribution < -0.4 is 0 Å². The summed E-state index contributed by atoms with van der Waals surface area (Å²) in [4.78, 5) is 11.9. The second kappa shape index (κ2) is 3.89. The minimum Gasteiger partial charge on any atom is -0.294 e. The van der Waals surface area contributed by atoms with E-state index < -0.39 is 0 Å². The third-order valence-corrected chi connectivity index (χ3v) is 3.63. The summed E-state index contributed by atoms with van der Waals surface area (Å²) in [5.74, 6) is 0.551. The summed E-state index contributed by atoms with van der Waals surface area (Å²) in [6.45, 7) is 6.17. The number of rotatable bonds is 1. The number of allylic oxidation sites excluding steroid dienone is 2. The molecular weight excluding hydrogens is 196 g/mol. The van der Waals surface area contributed by atoms with E-state index in [4.69, 9.17) is 0 Å². The highest BCUT2D eigenvalue weighted by Crippen LogP contribution is 2.42. The third-order valence-electron chi connectivity index (χ3n) is 3.63. The second-order valence-electron chi connectivity index (χ2n) is 5.19. The van der Waals surface area contributed by atoms with Crippen LogP contribution in [0.1, 0.15) is 37.3 Å². The average molecular weight is 214 g/mol. The number of hydrogen-bond acceptors (Lipinski definition) is 1. The van der Waals surface area contributed by atoms with Crippen molar-refractivity contribution in [3.63, 3.8) is 0 Å². The van der Waals surface area contributed by atoms with Gasteiger partial charge in [-0.25, -0.2) is 0 Å². The van der Waals surface area contributed by atoms with Crippen molar-refractivity contribution in [3.8, 4) is 0 Å². The van der Waals surface area contributed by atoms with Gasteiger partial charge >= 0.3 is 0 Å². The number of hydrogen-bond donors (Lipinski definition) is 0. The second-order valence-corrected chi connectivity index (χ2v) is 5.19. The summed E-state index contributed by atoms with van der Waals surface area (Å²) in [5, 5.41) is 0. The predicted molar refractivity (Wildman–Crippen MR) is 66.5 cm³/mol. The van der Waals surface area contributed by atoms with Gasteiger partial charge in [-0.15, -0.1) is 0 Å². The van der Waals surface area contributed by atoms with Crippen LogP contribution in [0, 0.1) is 12.3 Å². The Morgan fingerprint density at radius 3 is 2.44 bits per heavy atom. The van der Waals surface area contributed by atoms with Gasteiger partial charge < -0.3 is 0 Å². The Hall–Kier alpha value is -1.37. The lowest BCUT2D eigenvalue weighted by Gasteiger charge is -2.34. The lowest BCUT2D eigenvalue weighted by molar-refractivity contribution is -0.123. The van der Waals surface area contributed by atoms with Crippen molar-refractivity contribution >= 4 is 5.78 Å². The van der Waals surface area contributed by atoms with Crippen molar-refractivity contribution in [2.75, 3.05) is 0 Å². The zero-order chi connectivity index (χ0) is 11.8. The molecule has 0 N–H and O–H groups in total. The van der Waals surface area contributed by atoms with E-state index in [0.29, 0.717) is 5.92 Å². The highest BCUT2D eigenvalue weighted by molar-refractivity contribution is 5.96. The van der Waals surface area contributed by atoms with Crippen LogP contribution in [0.25, 0.3) is 0 Å². The minimum absolute atomic E-state index is 0.240. The van der Waals surface area contributed by atoms with Crippen molar-refractivity contribution in [2.24, 2.45) is 5.41 Å². The molecule has 2 rings (SSSR count). The van der Waals surface area contributed by atoms with E-state index in [2.05, 4.69) is 31.2 Å². The van der Waals surface area contributed by atoms with E-state index >= 15 is 0 Å². The van der Waals surface area contributed by atoms with Gasteiger partial charge in [0.05, 0.1) is 0 Å². The SMILES string of the molecule is Cc1ccc(C2CC=CC(=O)C2(C)C)cc1. The van der Waals surface area contributed by atoms with Gasteiger partial charge in [0.15, 0.2) is 5.78 Å². The molecule has 0 amide bonds. The van der Waals surface area contributed by atoms with Crippen molar-refractivity contribution in [1.82, 2.24) is 0 Å². The standard InChI is InChI=1S/C15H18O/c1-11-7-9-12(10-8-11)13-5-4-6-14(16)15(13,2)3/h4,6-10,13H,5H2,1-3H3. The van der Waals surface area contributed by atoms with E-state index in [0.717, 1.165) is 6.42 Å². The molecule has 1 aliphatic carbocycles. The maximum absolute atomic E-state index is 11.9. The van der Waals surface area contributed by atoms with Gasteiger partial charge in [0.25, 0.3) is 0 Å². The van der Waals surface area contributed by atoms with Crippen molar-refractivity contribution in [3.05, 3.63) is 47.5 Å². The van der Waals surface area contributed by atoms with Crippen LogP contribution in [0.4, 0.5) is 0 Å². The largest absolute Gasteiger partial charge is 0.294 e. The maximum atomic E-state index is 11.9. The Morgan fingerprint density at radius 1 is 1.19 bits per heavy atom. The number of aryl methyl sites for hydroxylation is 1. The lowest BCUT2D eigenvalue weighted by Crippen LogP contribution is -2.32. The van der Waals surface area contributed by atoms with Crippen molar-refractivity contribution in [1.29, 1.82) is 0 Å². The van der Waals surface area contributed by atoms with Gasteiger partial charge in [0, 0.05) is 5.41 Å². The van der Waals surface area contributed by atoms with Crippen LogP contribution in [0.15, 0.2) is 36.4 Å². The Labute approximate surface area is 97.2 Å². The molecule has 0 radical (unpaired) electrons. The highest BCUT2D eigenvalue weighted by atomic mass is 16.1. The van der Waals surface area contributed by atoms with Crippen LogP contribution in [-0.2, 0) is 4.79 Å². The van der Waals surface area contributed by atoms with E-state index in [1.54, 1.807) is 6.08 Å². The topological polar surface area (TPSA) is 17.1 Å². The summed E-state index contributed by atoms with van der Waals surface area (Å²) >= 11 is 0. The first-order valence-electron chi connectivity index (χ1n) is 5.79. The van der Waals surface area contributed by atoms with E-state index in [1.165, 1.54) is 11.1 Å².